The number of hydrogen-bond donors (Lipinski definition) is 1. The number of esters is 1. The number of carbonyl (C=O) groups is 1. The third-order valence-electron chi connectivity index (χ3n) is 5.36. The zero-order chi connectivity index (χ0) is 17.9. The van der Waals surface area contributed by atoms with E-state index in [9.17, 15) is 4.79 Å². The van der Waals surface area contributed by atoms with Gasteiger partial charge in [0.05, 0.1) is 17.6 Å². The third-order valence-corrected chi connectivity index (χ3v) is 5.36. The number of likely N-dealkylation sites (tertiary alicyclic amines) is 1. The summed E-state index contributed by atoms with van der Waals surface area (Å²) in [5.74, 6) is -0.209. The van der Waals surface area contributed by atoms with Crippen molar-refractivity contribution >= 4 is 5.97 Å². The Kier molecular flexibility index (Phi) is 6.08. The first-order valence-corrected chi connectivity index (χ1v) is 9.35. The maximum atomic E-state index is 12.4. The van der Waals surface area contributed by atoms with Crippen molar-refractivity contribution in [3.8, 4) is 0 Å². The van der Waals surface area contributed by atoms with Gasteiger partial charge in [0.2, 0.25) is 0 Å². The Morgan fingerprint density at radius 1 is 1.17 bits per heavy atom. The van der Waals surface area contributed by atoms with Crippen LogP contribution in [-0.2, 0) is 10.2 Å². The lowest BCUT2D eigenvalue weighted by Gasteiger charge is -2.37. The molecule has 1 N–H and O–H groups in total. The van der Waals surface area contributed by atoms with E-state index in [1.807, 2.05) is 31.2 Å². The molecule has 1 aliphatic heterocycles. The van der Waals surface area contributed by atoms with E-state index in [1.165, 1.54) is 24.8 Å². The number of rotatable bonds is 4. The molecule has 1 unspecified atom stereocenters. The van der Waals surface area contributed by atoms with E-state index in [0.717, 1.165) is 6.54 Å². The van der Waals surface area contributed by atoms with E-state index >= 15 is 0 Å². The van der Waals surface area contributed by atoms with Gasteiger partial charge >= 0.3 is 5.97 Å². The van der Waals surface area contributed by atoms with E-state index in [1.54, 1.807) is 4.90 Å². The predicted octanol–water partition coefficient (Wildman–Crippen LogP) is 3.38. The van der Waals surface area contributed by atoms with Crippen LogP contribution >= 0.6 is 0 Å². The average molecular weight is 333 g/mol. The molecule has 1 saturated heterocycles. The second kappa shape index (κ2) is 7.69. The lowest BCUT2D eigenvalue weighted by molar-refractivity contribution is -0.953. The van der Waals surface area contributed by atoms with E-state index in [4.69, 9.17) is 4.74 Å². The molecule has 0 saturated carbocycles. The van der Waals surface area contributed by atoms with Gasteiger partial charge in [-0.15, -0.1) is 0 Å². The topological polar surface area (TPSA) is 30.7 Å². The molecule has 0 aromatic heterocycles. The first-order chi connectivity index (χ1) is 11.2. The van der Waals surface area contributed by atoms with Crippen molar-refractivity contribution < 1.29 is 14.4 Å². The summed E-state index contributed by atoms with van der Waals surface area (Å²) in [6.45, 7) is 14.1. The Labute approximate surface area is 147 Å². The van der Waals surface area contributed by atoms with Crippen LogP contribution in [0, 0.1) is 0 Å². The predicted molar refractivity (Wildman–Crippen MR) is 98.6 cm³/mol. The van der Waals surface area contributed by atoms with Crippen LogP contribution in [0.4, 0.5) is 0 Å². The number of carbonyl (C=O) groups excluding carboxylic acids is 1. The van der Waals surface area contributed by atoms with Gasteiger partial charge in [-0.1, -0.05) is 32.9 Å². The molecule has 3 nitrogen and oxygen atoms in total. The van der Waals surface area contributed by atoms with Crippen molar-refractivity contribution in [2.75, 3.05) is 6.54 Å². The van der Waals surface area contributed by atoms with Gasteiger partial charge in [0.1, 0.15) is 12.6 Å². The molecular formula is C21H34NO2+. The first kappa shape index (κ1) is 19.0. The smallest absolute Gasteiger partial charge is 0.338 e. The summed E-state index contributed by atoms with van der Waals surface area (Å²) >= 11 is 0. The molecule has 1 aromatic rings. The molecule has 1 fully saturated rings. The molecule has 1 aliphatic rings. The summed E-state index contributed by atoms with van der Waals surface area (Å²) in [7, 11) is 0. The normalized spacial score (nSPS) is 26.0. The summed E-state index contributed by atoms with van der Waals surface area (Å²) in [5, 5.41) is 0. The molecule has 0 spiro atoms. The lowest BCUT2D eigenvalue weighted by atomic mass is 9.87. The second-order valence-electron chi connectivity index (χ2n) is 8.56. The minimum atomic E-state index is -0.209. The number of piperidine rings is 1. The Balaban J connectivity index is 1.93. The van der Waals surface area contributed by atoms with Crippen molar-refractivity contribution in [3.63, 3.8) is 0 Å². The third kappa shape index (κ3) is 4.83. The maximum absolute atomic E-state index is 12.4. The highest BCUT2D eigenvalue weighted by Crippen LogP contribution is 2.22. The fourth-order valence-electron chi connectivity index (χ4n) is 3.72. The highest BCUT2D eigenvalue weighted by atomic mass is 16.5. The highest BCUT2D eigenvalue weighted by Gasteiger charge is 2.30. The largest absolute Gasteiger partial charge is 0.453 e. The molecule has 24 heavy (non-hydrogen) atoms. The average Bonchev–Trinajstić information content (AvgIpc) is 2.50. The Hall–Kier alpha value is -1.35. The Morgan fingerprint density at radius 3 is 2.21 bits per heavy atom. The van der Waals surface area contributed by atoms with Crippen LogP contribution in [0.5, 0.6) is 0 Å². The SMILES string of the molecule is C[C@H](C[NH+]1[C@H](C)CCC[C@@H]1C)OC(=O)c1ccc(C(C)(C)C)cc1. The molecule has 1 aromatic carbocycles. The van der Waals surface area contributed by atoms with Crippen molar-refractivity contribution in [1.29, 1.82) is 0 Å². The van der Waals surface area contributed by atoms with Crippen LogP contribution in [0.2, 0.25) is 0 Å². The number of nitrogens with one attached hydrogen (secondary N) is 1. The lowest BCUT2D eigenvalue weighted by Crippen LogP contribution is -3.20. The standard InChI is InChI=1S/C21H33NO2/c1-15-8-7-9-16(2)22(15)14-17(3)24-20(23)18-10-12-19(13-11-18)21(4,5)6/h10-13,15-17H,7-9,14H2,1-6H3/p+1/t15-,16+,17-/m1/s1. The Bertz CT molecular complexity index is 534. The molecule has 0 bridgehead atoms. The quantitative estimate of drug-likeness (QED) is 0.857. The van der Waals surface area contributed by atoms with Crippen LogP contribution in [0.3, 0.4) is 0 Å². The summed E-state index contributed by atoms with van der Waals surface area (Å²) in [4.78, 5) is 14.0. The van der Waals surface area contributed by atoms with Gasteiger partial charge in [0.25, 0.3) is 0 Å². The number of benzene rings is 1. The minimum Gasteiger partial charge on any atom is -0.453 e. The van der Waals surface area contributed by atoms with Crippen LogP contribution < -0.4 is 4.90 Å². The summed E-state index contributed by atoms with van der Waals surface area (Å²) in [6, 6.07) is 9.13. The summed E-state index contributed by atoms with van der Waals surface area (Å²) in [6.07, 6.45) is 3.81. The van der Waals surface area contributed by atoms with E-state index in [0.29, 0.717) is 17.6 Å². The van der Waals surface area contributed by atoms with Gasteiger partial charge in [-0.3, -0.25) is 0 Å². The van der Waals surface area contributed by atoms with Gasteiger partial charge < -0.3 is 9.64 Å². The van der Waals surface area contributed by atoms with E-state index in [2.05, 4.69) is 34.6 Å². The molecule has 2 rings (SSSR count). The Morgan fingerprint density at radius 2 is 1.71 bits per heavy atom. The number of ether oxygens (including phenoxy) is 1. The highest BCUT2D eigenvalue weighted by molar-refractivity contribution is 5.89. The fourth-order valence-corrected chi connectivity index (χ4v) is 3.72. The number of quaternary nitrogens is 1. The molecule has 0 aliphatic carbocycles. The zero-order valence-electron chi connectivity index (χ0n) is 16.2. The van der Waals surface area contributed by atoms with Gasteiger partial charge in [-0.2, -0.15) is 0 Å². The molecule has 3 heteroatoms. The van der Waals surface area contributed by atoms with Crippen LogP contribution in [0.1, 0.15) is 76.7 Å². The maximum Gasteiger partial charge on any atom is 0.338 e. The van der Waals surface area contributed by atoms with Gasteiger partial charge in [0.15, 0.2) is 0 Å². The minimum absolute atomic E-state index is 0.0576. The van der Waals surface area contributed by atoms with Crippen LogP contribution in [-0.4, -0.2) is 30.7 Å². The fraction of sp³-hybridized carbons (Fsp3) is 0.667. The zero-order valence-corrected chi connectivity index (χ0v) is 16.2. The van der Waals surface area contributed by atoms with Crippen LogP contribution in [0.15, 0.2) is 24.3 Å². The van der Waals surface area contributed by atoms with Crippen molar-refractivity contribution in [2.45, 2.75) is 84.4 Å². The van der Waals surface area contributed by atoms with Crippen molar-refractivity contribution in [3.05, 3.63) is 35.4 Å². The molecule has 0 radical (unpaired) electrons. The van der Waals surface area contributed by atoms with Crippen LogP contribution in [0.25, 0.3) is 0 Å². The molecule has 4 atom stereocenters. The van der Waals surface area contributed by atoms with Crippen molar-refractivity contribution in [2.24, 2.45) is 0 Å². The molecule has 0 amide bonds. The van der Waals surface area contributed by atoms with Gasteiger partial charge in [-0.25, -0.2) is 4.79 Å². The monoisotopic (exact) mass is 332 g/mol. The number of hydrogen-bond acceptors (Lipinski definition) is 2. The second-order valence-corrected chi connectivity index (χ2v) is 8.56. The van der Waals surface area contributed by atoms with E-state index < -0.39 is 0 Å². The molecule has 1 heterocycles. The molecular weight excluding hydrogens is 298 g/mol. The van der Waals surface area contributed by atoms with Crippen molar-refractivity contribution in [1.82, 2.24) is 0 Å². The van der Waals surface area contributed by atoms with Gasteiger partial charge in [0, 0.05) is 0 Å². The summed E-state index contributed by atoms with van der Waals surface area (Å²) in [5.41, 5.74) is 1.97. The first-order valence-electron chi connectivity index (χ1n) is 9.35. The van der Waals surface area contributed by atoms with Gasteiger partial charge in [-0.05, 0) is 63.1 Å². The molecule has 134 valence electrons. The summed E-state index contributed by atoms with van der Waals surface area (Å²) < 4.78 is 5.70. The van der Waals surface area contributed by atoms with E-state index in [-0.39, 0.29) is 17.5 Å².